The molecule has 10 heteroatoms. The summed E-state index contributed by atoms with van der Waals surface area (Å²) in [5.74, 6) is 0. The summed E-state index contributed by atoms with van der Waals surface area (Å²) in [5.41, 5.74) is -1.12. The van der Waals surface area contributed by atoms with Crippen LogP contribution in [0.1, 0.15) is 26.5 Å². The number of piperazine rings is 1. The smallest absolute Gasteiger partial charge is 0.433 e. The van der Waals surface area contributed by atoms with Crippen molar-refractivity contribution < 1.29 is 22.7 Å². The van der Waals surface area contributed by atoms with E-state index in [0.717, 1.165) is 6.07 Å². The van der Waals surface area contributed by atoms with Crippen LogP contribution in [0.25, 0.3) is 10.8 Å². The van der Waals surface area contributed by atoms with E-state index in [-0.39, 0.29) is 5.15 Å². The van der Waals surface area contributed by atoms with E-state index in [2.05, 4.69) is 9.97 Å². The van der Waals surface area contributed by atoms with E-state index >= 15 is 0 Å². The molecule has 0 aliphatic carbocycles. The Kier molecular flexibility index (Phi) is 5.31. The number of nitrogens with zero attached hydrogens (tertiary/aromatic N) is 4. The number of anilines is 1. The third-order valence-corrected chi connectivity index (χ3v) is 4.54. The second-order valence-corrected chi connectivity index (χ2v) is 7.86. The van der Waals surface area contributed by atoms with Crippen LogP contribution in [0, 0.1) is 0 Å². The van der Waals surface area contributed by atoms with E-state index < -0.39 is 23.6 Å². The molecular weight excluding hydrogens is 397 g/mol. The SMILES string of the molecule is CC(C)(C)OC(=O)N1CCN(c2cncc3c(Cl)nc(C(F)(F)F)cc23)CC1. The fourth-order valence-corrected chi connectivity index (χ4v) is 3.21. The van der Waals surface area contributed by atoms with Crippen molar-refractivity contribution >= 4 is 34.2 Å². The third kappa shape index (κ3) is 4.40. The first kappa shape index (κ1) is 20.4. The van der Waals surface area contributed by atoms with Crippen LogP contribution in [0.4, 0.5) is 23.7 Å². The van der Waals surface area contributed by atoms with Crippen LogP contribution in [0.3, 0.4) is 0 Å². The highest BCUT2D eigenvalue weighted by molar-refractivity contribution is 6.34. The molecule has 0 radical (unpaired) electrons. The average molecular weight is 417 g/mol. The summed E-state index contributed by atoms with van der Waals surface area (Å²) in [4.78, 5) is 23.2. The van der Waals surface area contributed by atoms with Crippen molar-refractivity contribution in [2.24, 2.45) is 0 Å². The number of pyridine rings is 2. The van der Waals surface area contributed by atoms with Gasteiger partial charge in [0.15, 0.2) is 0 Å². The van der Waals surface area contributed by atoms with E-state index in [4.69, 9.17) is 16.3 Å². The standard InChI is InChI=1S/C18H20ClF3N4O2/c1-17(2,3)28-16(27)26-6-4-25(5-7-26)13-10-23-9-12-11(13)8-14(18(20,21)22)24-15(12)19/h8-10H,4-7H2,1-3H3. The molecule has 3 heterocycles. The number of amides is 1. The zero-order valence-corrected chi connectivity index (χ0v) is 16.4. The van der Waals surface area contributed by atoms with Crippen molar-refractivity contribution in [2.45, 2.75) is 32.5 Å². The Hall–Kier alpha value is -2.29. The van der Waals surface area contributed by atoms with Gasteiger partial charge in [-0.1, -0.05) is 11.6 Å². The van der Waals surface area contributed by atoms with Gasteiger partial charge in [0.1, 0.15) is 16.4 Å². The Balaban J connectivity index is 1.85. The van der Waals surface area contributed by atoms with Gasteiger partial charge in [0.25, 0.3) is 0 Å². The van der Waals surface area contributed by atoms with E-state index in [9.17, 15) is 18.0 Å². The lowest BCUT2D eigenvalue weighted by atomic mass is 10.1. The third-order valence-electron chi connectivity index (χ3n) is 4.25. The number of carbonyl (C=O) groups excluding carboxylic acids is 1. The zero-order valence-electron chi connectivity index (χ0n) is 15.7. The molecule has 1 fully saturated rings. The Labute approximate surface area is 165 Å². The summed E-state index contributed by atoms with van der Waals surface area (Å²) < 4.78 is 44.8. The summed E-state index contributed by atoms with van der Waals surface area (Å²) >= 11 is 5.97. The molecule has 0 aromatic carbocycles. The van der Waals surface area contributed by atoms with Crippen molar-refractivity contribution in [1.82, 2.24) is 14.9 Å². The van der Waals surface area contributed by atoms with Crippen molar-refractivity contribution in [1.29, 1.82) is 0 Å². The molecule has 1 amide bonds. The van der Waals surface area contributed by atoms with Crippen LogP contribution in [0.5, 0.6) is 0 Å². The minimum Gasteiger partial charge on any atom is -0.444 e. The van der Waals surface area contributed by atoms with Crippen molar-refractivity contribution in [3.05, 3.63) is 29.3 Å². The first-order valence-electron chi connectivity index (χ1n) is 8.70. The predicted octanol–water partition coefficient (Wildman–Crippen LogP) is 4.36. The highest BCUT2D eigenvalue weighted by atomic mass is 35.5. The molecule has 2 aromatic heterocycles. The molecule has 3 rings (SSSR count). The fraction of sp³-hybridized carbons (Fsp3) is 0.500. The molecule has 28 heavy (non-hydrogen) atoms. The van der Waals surface area contributed by atoms with Crippen LogP contribution < -0.4 is 4.90 Å². The van der Waals surface area contributed by atoms with Gasteiger partial charge >= 0.3 is 12.3 Å². The highest BCUT2D eigenvalue weighted by Gasteiger charge is 2.34. The Morgan fingerprint density at radius 1 is 1.11 bits per heavy atom. The molecule has 152 valence electrons. The van der Waals surface area contributed by atoms with Gasteiger partial charge in [0.05, 0.1) is 11.9 Å². The van der Waals surface area contributed by atoms with Crippen LogP contribution >= 0.6 is 11.6 Å². The molecular formula is C18H20ClF3N4O2. The Bertz CT molecular complexity index is 891. The molecule has 2 aromatic rings. The Morgan fingerprint density at radius 2 is 1.75 bits per heavy atom. The van der Waals surface area contributed by atoms with Crippen molar-refractivity contribution in [2.75, 3.05) is 31.1 Å². The quantitative estimate of drug-likeness (QED) is 0.646. The molecule has 0 bridgehead atoms. The molecule has 0 atom stereocenters. The molecule has 0 spiro atoms. The van der Waals surface area contributed by atoms with Crippen molar-refractivity contribution in [3.63, 3.8) is 0 Å². The maximum Gasteiger partial charge on any atom is 0.433 e. The molecule has 0 N–H and O–H groups in total. The first-order valence-corrected chi connectivity index (χ1v) is 9.08. The van der Waals surface area contributed by atoms with Crippen LogP contribution in [0.2, 0.25) is 5.15 Å². The van der Waals surface area contributed by atoms with Crippen LogP contribution in [0.15, 0.2) is 18.5 Å². The predicted molar refractivity (Wildman–Crippen MR) is 99.6 cm³/mol. The summed E-state index contributed by atoms with van der Waals surface area (Å²) in [6, 6.07) is 0.985. The molecule has 1 aliphatic heterocycles. The van der Waals surface area contributed by atoms with Gasteiger partial charge in [-0.05, 0) is 26.8 Å². The monoisotopic (exact) mass is 416 g/mol. The minimum absolute atomic E-state index is 0.244. The van der Waals surface area contributed by atoms with Gasteiger partial charge in [-0.2, -0.15) is 13.2 Å². The van der Waals surface area contributed by atoms with Crippen LogP contribution in [-0.4, -0.2) is 52.7 Å². The zero-order chi connectivity index (χ0) is 20.7. The fourth-order valence-electron chi connectivity index (χ4n) is 2.96. The lowest BCUT2D eigenvalue weighted by Gasteiger charge is -2.37. The summed E-state index contributed by atoms with van der Waals surface area (Å²) in [6.45, 7) is 7.01. The summed E-state index contributed by atoms with van der Waals surface area (Å²) in [7, 11) is 0. The summed E-state index contributed by atoms with van der Waals surface area (Å²) in [5, 5.41) is 0.432. The highest BCUT2D eigenvalue weighted by Crippen LogP contribution is 2.36. The van der Waals surface area contributed by atoms with Gasteiger partial charge in [-0.25, -0.2) is 9.78 Å². The summed E-state index contributed by atoms with van der Waals surface area (Å²) in [6.07, 6.45) is -2.11. The van der Waals surface area contributed by atoms with Gasteiger partial charge in [-0.3, -0.25) is 4.98 Å². The average Bonchev–Trinajstić information content (AvgIpc) is 2.59. The topological polar surface area (TPSA) is 58.6 Å². The van der Waals surface area contributed by atoms with E-state index in [0.29, 0.717) is 42.6 Å². The largest absolute Gasteiger partial charge is 0.444 e. The van der Waals surface area contributed by atoms with Crippen molar-refractivity contribution in [3.8, 4) is 0 Å². The molecule has 0 unspecified atom stereocenters. The number of aromatic nitrogens is 2. The van der Waals surface area contributed by atoms with Crippen LogP contribution in [-0.2, 0) is 10.9 Å². The van der Waals surface area contributed by atoms with E-state index in [1.54, 1.807) is 25.7 Å². The molecule has 6 nitrogen and oxygen atoms in total. The number of hydrogen-bond donors (Lipinski definition) is 0. The van der Waals surface area contributed by atoms with Gasteiger partial charge < -0.3 is 14.5 Å². The minimum atomic E-state index is -4.60. The molecule has 0 saturated carbocycles. The van der Waals surface area contributed by atoms with Gasteiger partial charge in [0.2, 0.25) is 0 Å². The lowest BCUT2D eigenvalue weighted by Crippen LogP contribution is -2.50. The second kappa shape index (κ2) is 7.27. The van der Waals surface area contributed by atoms with E-state index in [1.165, 1.54) is 12.4 Å². The normalized spacial score (nSPS) is 15.8. The van der Waals surface area contributed by atoms with Gasteiger partial charge in [-0.15, -0.1) is 0 Å². The number of ether oxygens (including phenoxy) is 1. The molecule has 1 aliphatic rings. The second-order valence-electron chi connectivity index (χ2n) is 7.50. The number of carbonyl (C=O) groups is 1. The number of hydrogen-bond acceptors (Lipinski definition) is 5. The Morgan fingerprint density at radius 3 is 2.32 bits per heavy atom. The van der Waals surface area contributed by atoms with E-state index in [1.807, 2.05) is 4.90 Å². The molecule has 1 saturated heterocycles. The lowest BCUT2D eigenvalue weighted by molar-refractivity contribution is -0.141. The first-order chi connectivity index (χ1) is 13.0. The maximum atomic E-state index is 13.1. The number of fused-ring (bicyclic) bond motifs is 1. The number of alkyl halides is 3. The number of rotatable bonds is 1. The number of halogens is 4. The van der Waals surface area contributed by atoms with Gasteiger partial charge in [0, 0.05) is 43.1 Å². The maximum absolute atomic E-state index is 13.1.